The zero-order valence-corrected chi connectivity index (χ0v) is 41.6. The molecule has 0 radical (unpaired) electrons. The lowest BCUT2D eigenvalue weighted by Gasteiger charge is -2.21. The lowest BCUT2D eigenvalue weighted by Crippen LogP contribution is -2.24. The van der Waals surface area contributed by atoms with E-state index >= 15 is 0 Å². The number of carbonyl (C=O) groups excluding carboxylic acids is 4. The number of halogens is 4. The minimum absolute atomic E-state index is 0.173. The topological polar surface area (TPSA) is 191 Å². The number of nitrogens with one attached hydrogen (secondary N) is 5. The van der Waals surface area contributed by atoms with E-state index in [1.54, 1.807) is 130 Å². The van der Waals surface area contributed by atoms with E-state index in [1.165, 1.54) is 24.5 Å². The SMILES string of the molecule is CN(C)C(=N)c1ccc(C(=O)Nc2c(C(=O)Nc3ccc(Cl)cn3)cc(Cl)cc2N(C)C)cc1.CN1CCN=C1c1ccc(C(=O)Nc2c(C(=O)Nc3ccc(Cl)cn3)cc(Cl)cc2N(C)C)cc1. The van der Waals surface area contributed by atoms with Gasteiger partial charge in [-0.15, -0.1) is 0 Å². The number of aliphatic imine (C=N–C) groups is 1. The van der Waals surface area contributed by atoms with E-state index in [0.717, 1.165) is 24.5 Å². The highest BCUT2D eigenvalue weighted by Crippen LogP contribution is 2.35. The van der Waals surface area contributed by atoms with E-state index in [2.05, 4.69) is 41.1 Å². The molecule has 16 nitrogen and oxygen atoms in total. The van der Waals surface area contributed by atoms with Crippen LogP contribution >= 0.6 is 46.4 Å². The first-order chi connectivity index (χ1) is 32.8. The van der Waals surface area contributed by atoms with Gasteiger partial charge in [-0.3, -0.25) is 29.6 Å². The molecule has 0 fully saturated rings. The Morgan fingerprint density at radius 2 is 0.971 bits per heavy atom. The van der Waals surface area contributed by atoms with Gasteiger partial charge < -0.3 is 40.9 Å². The molecule has 3 heterocycles. The molecule has 0 aliphatic carbocycles. The lowest BCUT2D eigenvalue weighted by molar-refractivity contribution is 0.101. The summed E-state index contributed by atoms with van der Waals surface area (Å²) >= 11 is 24.3. The molecule has 0 bridgehead atoms. The molecule has 0 spiro atoms. The third-order valence-corrected chi connectivity index (χ3v) is 11.2. The fourth-order valence-corrected chi connectivity index (χ4v) is 7.45. The summed E-state index contributed by atoms with van der Waals surface area (Å²) in [5.74, 6) is 0.113. The molecule has 0 atom stereocenters. The highest BCUT2D eigenvalue weighted by atomic mass is 35.5. The summed E-state index contributed by atoms with van der Waals surface area (Å²) in [6, 6.07) is 26.6. The van der Waals surface area contributed by atoms with Crippen molar-refractivity contribution in [2.45, 2.75) is 0 Å². The van der Waals surface area contributed by atoms with Crippen LogP contribution in [0, 0.1) is 5.41 Å². The van der Waals surface area contributed by atoms with Crippen LogP contribution in [0.2, 0.25) is 20.1 Å². The predicted octanol–water partition coefficient (Wildman–Crippen LogP) is 9.50. The Hall–Kier alpha value is -7.24. The molecular formula is C49H48Cl4N12O4. The Bertz CT molecular complexity index is 2910. The molecule has 0 saturated heterocycles. The smallest absolute Gasteiger partial charge is 0.259 e. The summed E-state index contributed by atoms with van der Waals surface area (Å²) in [6.45, 7) is 1.63. The number of nitrogens with zero attached hydrogens (tertiary/aromatic N) is 7. The quantitative estimate of drug-likeness (QED) is 0.0583. The van der Waals surface area contributed by atoms with E-state index in [1.807, 2.05) is 19.2 Å². The average molecular weight is 1010 g/mol. The molecule has 4 aromatic carbocycles. The number of anilines is 6. The molecule has 356 valence electrons. The Morgan fingerprint density at radius 3 is 1.33 bits per heavy atom. The Labute approximate surface area is 419 Å². The van der Waals surface area contributed by atoms with Crippen LogP contribution in [0.25, 0.3) is 0 Å². The number of pyridine rings is 2. The standard InChI is InChI=1S/C25H24Cl2N6O2.C24H24Cl2N6O2/c1-32(2)20-13-18(27)12-19(25(35)30-21-9-8-17(26)14-29-21)22(20)31-24(34)16-6-4-15(5-7-16)23-28-10-11-33(23)3;1-31(2)19-12-17(26)11-18(24(34)29-20-10-9-16(25)13-28-20)21(19)30-23(33)15-7-5-14(6-8-15)22(27)32(3)4/h4-9,12-14H,10-11H2,1-3H3,(H,31,34)(H,29,30,35);5-13,27H,1-4H3,(H,30,33)(H,28,29,34). The number of likely N-dealkylation sites (N-methyl/N-ethyl adjacent to an activating group) is 1. The summed E-state index contributed by atoms with van der Waals surface area (Å²) in [7, 11) is 12.7. The minimum Gasteiger partial charge on any atom is -0.376 e. The van der Waals surface area contributed by atoms with Gasteiger partial charge in [0, 0.05) is 101 Å². The fourth-order valence-electron chi connectivity index (χ4n) is 6.80. The maximum Gasteiger partial charge on any atom is 0.259 e. The number of carbonyl (C=O) groups is 4. The maximum absolute atomic E-state index is 13.2. The average Bonchev–Trinajstić information content (AvgIpc) is 3.76. The lowest BCUT2D eigenvalue weighted by atomic mass is 10.1. The van der Waals surface area contributed by atoms with Gasteiger partial charge in [-0.2, -0.15) is 0 Å². The maximum atomic E-state index is 13.2. The van der Waals surface area contributed by atoms with E-state index < -0.39 is 17.7 Å². The van der Waals surface area contributed by atoms with Crippen LogP contribution in [-0.2, 0) is 0 Å². The first-order valence-electron chi connectivity index (χ1n) is 21.0. The fraction of sp³-hybridized carbons (Fsp3) is 0.184. The van der Waals surface area contributed by atoms with E-state index in [-0.39, 0.29) is 17.0 Å². The number of amides is 4. The van der Waals surface area contributed by atoms with Crippen LogP contribution < -0.4 is 31.1 Å². The van der Waals surface area contributed by atoms with Crippen molar-refractivity contribution in [3.63, 3.8) is 0 Å². The van der Waals surface area contributed by atoms with E-state index in [4.69, 9.17) is 51.8 Å². The van der Waals surface area contributed by atoms with E-state index in [9.17, 15) is 19.2 Å². The summed E-state index contributed by atoms with van der Waals surface area (Å²) < 4.78 is 0. The van der Waals surface area contributed by atoms with Crippen LogP contribution in [-0.4, -0.2) is 117 Å². The molecule has 0 unspecified atom stereocenters. The highest BCUT2D eigenvalue weighted by molar-refractivity contribution is 6.33. The Balaban J connectivity index is 0.000000227. The van der Waals surface area contributed by atoms with Crippen molar-refractivity contribution in [1.29, 1.82) is 5.41 Å². The summed E-state index contributed by atoms with van der Waals surface area (Å²) in [5.41, 5.74) is 4.59. The zero-order chi connectivity index (χ0) is 50.1. The van der Waals surface area contributed by atoms with Crippen LogP contribution in [0.4, 0.5) is 34.4 Å². The molecule has 69 heavy (non-hydrogen) atoms. The van der Waals surface area contributed by atoms with Crippen molar-refractivity contribution < 1.29 is 19.2 Å². The Kier molecular flexibility index (Phi) is 16.8. The van der Waals surface area contributed by atoms with Crippen LogP contribution in [0.1, 0.15) is 52.6 Å². The monoisotopic (exact) mass is 1010 g/mol. The van der Waals surface area contributed by atoms with Crippen molar-refractivity contribution in [2.24, 2.45) is 4.99 Å². The van der Waals surface area contributed by atoms with Gasteiger partial charge in [-0.05, 0) is 72.8 Å². The molecule has 20 heteroatoms. The van der Waals surface area contributed by atoms with Crippen molar-refractivity contribution in [3.8, 4) is 0 Å². The molecule has 5 N–H and O–H groups in total. The van der Waals surface area contributed by atoms with Crippen molar-refractivity contribution in [1.82, 2.24) is 19.8 Å². The minimum atomic E-state index is -0.495. The third kappa shape index (κ3) is 13.1. The van der Waals surface area contributed by atoms with Gasteiger partial charge in [-0.25, -0.2) is 9.97 Å². The second-order valence-electron chi connectivity index (χ2n) is 16.0. The molecule has 2 aromatic heterocycles. The van der Waals surface area contributed by atoms with Gasteiger partial charge >= 0.3 is 0 Å². The van der Waals surface area contributed by atoms with Gasteiger partial charge in [0.05, 0.1) is 50.5 Å². The number of benzene rings is 4. The Morgan fingerprint density at radius 1 is 0.551 bits per heavy atom. The molecule has 4 amide bonds. The molecule has 0 saturated carbocycles. The first-order valence-corrected chi connectivity index (χ1v) is 22.5. The van der Waals surface area contributed by atoms with Gasteiger partial charge in [0.1, 0.15) is 23.3 Å². The first kappa shape index (κ1) is 51.2. The van der Waals surface area contributed by atoms with Crippen LogP contribution in [0.15, 0.2) is 114 Å². The van der Waals surface area contributed by atoms with Gasteiger partial charge in [0.15, 0.2) is 0 Å². The van der Waals surface area contributed by atoms with Crippen molar-refractivity contribution >= 4 is 116 Å². The van der Waals surface area contributed by atoms with Crippen molar-refractivity contribution in [3.05, 3.63) is 163 Å². The molecule has 6 aromatic rings. The zero-order valence-electron chi connectivity index (χ0n) is 38.6. The second-order valence-corrected chi connectivity index (χ2v) is 17.8. The van der Waals surface area contributed by atoms with Gasteiger partial charge in [0.25, 0.3) is 23.6 Å². The third-order valence-electron chi connectivity index (χ3n) is 10.4. The number of amidine groups is 2. The largest absolute Gasteiger partial charge is 0.376 e. The van der Waals surface area contributed by atoms with Gasteiger partial charge in [0.2, 0.25) is 0 Å². The molecular weight excluding hydrogens is 962 g/mol. The number of aromatic nitrogens is 2. The highest BCUT2D eigenvalue weighted by Gasteiger charge is 2.24. The summed E-state index contributed by atoms with van der Waals surface area (Å²) in [6.07, 6.45) is 2.85. The molecule has 1 aliphatic rings. The normalized spacial score (nSPS) is 11.6. The van der Waals surface area contributed by atoms with Crippen molar-refractivity contribution in [2.75, 3.05) is 93.5 Å². The van der Waals surface area contributed by atoms with Crippen LogP contribution in [0.5, 0.6) is 0 Å². The van der Waals surface area contributed by atoms with Gasteiger partial charge in [-0.1, -0.05) is 70.7 Å². The molecule has 7 rings (SSSR count). The second kappa shape index (κ2) is 22.7. The predicted molar refractivity (Wildman–Crippen MR) is 279 cm³/mol. The number of rotatable bonds is 12. The van der Waals surface area contributed by atoms with Crippen LogP contribution in [0.3, 0.4) is 0 Å². The molecule has 1 aliphatic heterocycles. The number of hydrogen-bond donors (Lipinski definition) is 5. The summed E-state index contributed by atoms with van der Waals surface area (Å²) in [5, 5.41) is 20.8. The van der Waals surface area contributed by atoms with E-state index in [0.29, 0.717) is 77.0 Å². The summed E-state index contributed by atoms with van der Waals surface area (Å²) in [4.78, 5) is 72.5. The number of hydrogen-bond acceptors (Lipinski definition) is 11.